The Morgan fingerprint density at radius 3 is 2.08 bits per heavy atom. The molecule has 0 heterocycles. The zero-order chi connectivity index (χ0) is 17.7. The Morgan fingerprint density at radius 1 is 1.00 bits per heavy atom. The maximum Gasteiger partial charge on any atom is 0.252 e. The second-order valence-corrected chi connectivity index (χ2v) is 7.60. The highest BCUT2D eigenvalue weighted by molar-refractivity contribution is 7.85. The molecule has 126 valence electrons. The molecule has 5 nitrogen and oxygen atoms in total. The van der Waals surface area contributed by atoms with Crippen molar-refractivity contribution in [2.45, 2.75) is 30.0 Å². The summed E-state index contributed by atoms with van der Waals surface area (Å²) in [6.45, 7) is 3.74. The Kier molecular flexibility index (Phi) is 5.87. The Labute approximate surface area is 143 Å². The highest BCUT2D eigenvalue weighted by Gasteiger charge is 2.21. The standard InChI is InChI=1S/C18H20N2O3S/c1-12(2)24(23)15-10-8-14(9-11-15)18(22)20-16(17(19)21)13-6-4-3-5-7-13/h3-12,16H,1-2H3,(H2,19,21)(H,20,22). The van der Waals surface area contributed by atoms with E-state index in [0.717, 1.165) is 0 Å². The van der Waals surface area contributed by atoms with Crippen LogP contribution in [0.2, 0.25) is 0 Å². The van der Waals surface area contributed by atoms with E-state index in [1.807, 2.05) is 19.9 Å². The molecule has 0 saturated heterocycles. The molecule has 0 spiro atoms. The average Bonchev–Trinajstić information content (AvgIpc) is 2.59. The van der Waals surface area contributed by atoms with Crippen molar-refractivity contribution in [3.05, 3.63) is 65.7 Å². The summed E-state index contributed by atoms with van der Waals surface area (Å²) in [7, 11) is -1.11. The molecule has 2 atom stereocenters. The first kappa shape index (κ1) is 17.9. The third kappa shape index (κ3) is 4.29. The summed E-state index contributed by atoms with van der Waals surface area (Å²) in [6.07, 6.45) is 0. The highest BCUT2D eigenvalue weighted by Crippen LogP contribution is 2.15. The fraction of sp³-hybridized carbons (Fsp3) is 0.222. The first-order valence-electron chi connectivity index (χ1n) is 7.56. The SMILES string of the molecule is CC(C)S(=O)c1ccc(C(=O)NC(C(N)=O)c2ccccc2)cc1. The van der Waals surface area contributed by atoms with Gasteiger partial charge < -0.3 is 11.1 Å². The van der Waals surface area contributed by atoms with Gasteiger partial charge in [-0.2, -0.15) is 0 Å². The van der Waals surface area contributed by atoms with Crippen molar-refractivity contribution in [2.75, 3.05) is 0 Å². The topological polar surface area (TPSA) is 89.3 Å². The second kappa shape index (κ2) is 7.88. The van der Waals surface area contributed by atoms with Gasteiger partial charge in [0.05, 0.1) is 10.8 Å². The van der Waals surface area contributed by atoms with Crippen molar-refractivity contribution in [3.8, 4) is 0 Å². The summed E-state index contributed by atoms with van der Waals surface area (Å²) in [6, 6.07) is 14.4. The van der Waals surface area contributed by atoms with E-state index in [9.17, 15) is 13.8 Å². The fourth-order valence-electron chi connectivity index (χ4n) is 2.19. The number of hydrogen-bond donors (Lipinski definition) is 2. The van der Waals surface area contributed by atoms with E-state index in [4.69, 9.17) is 5.73 Å². The Bertz CT molecular complexity index is 743. The summed E-state index contributed by atoms with van der Waals surface area (Å²) >= 11 is 0. The molecule has 2 amide bonds. The van der Waals surface area contributed by atoms with Crippen molar-refractivity contribution in [3.63, 3.8) is 0 Å². The van der Waals surface area contributed by atoms with E-state index in [0.29, 0.717) is 16.0 Å². The Morgan fingerprint density at radius 2 is 1.58 bits per heavy atom. The van der Waals surface area contributed by atoms with Crippen molar-refractivity contribution >= 4 is 22.6 Å². The molecule has 0 aromatic heterocycles. The van der Waals surface area contributed by atoms with Crippen LogP contribution in [0.25, 0.3) is 0 Å². The first-order chi connectivity index (χ1) is 11.4. The normalized spacial score (nSPS) is 13.3. The van der Waals surface area contributed by atoms with Crippen LogP contribution in [-0.2, 0) is 15.6 Å². The van der Waals surface area contributed by atoms with Crippen LogP contribution in [0, 0.1) is 0 Å². The molecular weight excluding hydrogens is 324 g/mol. The van der Waals surface area contributed by atoms with Gasteiger partial charge in [0.15, 0.2) is 0 Å². The van der Waals surface area contributed by atoms with Crippen LogP contribution < -0.4 is 11.1 Å². The number of benzene rings is 2. The van der Waals surface area contributed by atoms with Gasteiger partial charge in [0.1, 0.15) is 6.04 Å². The molecule has 0 aliphatic rings. The summed E-state index contributed by atoms with van der Waals surface area (Å²) in [4.78, 5) is 24.7. The summed E-state index contributed by atoms with van der Waals surface area (Å²) in [5.74, 6) is -1.04. The molecule has 0 aliphatic heterocycles. The number of hydrogen-bond acceptors (Lipinski definition) is 3. The molecule has 0 fully saturated rings. The predicted octanol–water partition coefficient (Wildman–Crippen LogP) is 2.16. The van der Waals surface area contributed by atoms with Crippen LogP contribution in [-0.4, -0.2) is 21.3 Å². The van der Waals surface area contributed by atoms with Gasteiger partial charge in [-0.25, -0.2) is 0 Å². The number of amides is 2. The number of rotatable bonds is 6. The third-order valence-corrected chi connectivity index (χ3v) is 5.06. The third-order valence-electron chi connectivity index (χ3n) is 3.47. The van der Waals surface area contributed by atoms with Crippen molar-refractivity contribution in [1.29, 1.82) is 0 Å². The van der Waals surface area contributed by atoms with E-state index in [2.05, 4.69) is 5.32 Å². The molecule has 2 unspecified atom stereocenters. The van der Waals surface area contributed by atoms with Crippen LogP contribution in [0.4, 0.5) is 0 Å². The van der Waals surface area contributed by atoms with E-state index in [1.54, 1.807) is 48.5 Å². The molecular formula is C18H20N2O3S. The van der Waals surface area contributed by atoms with Crippen LogP contribution >= 0.6 is 0 Å². The smallest absolute Gasteiger partial charge is 0.252 e. The number of carbonyl (C=O) groups excluding carboxylic acids is 2. The number of nitrogens with one attached hydrogen (secondary N) is 1. The van der Waals surface area contributed by atoms with Crippen LogP contribution in [0.3, 0.4) is 0 Å². The lowest BCUT2D eigenvalue weighted by molar-refractivity contribution is -0.120. The minimum Gasteiger partial charge on any atom is -0.368 e. The molecule has 2 rings (SSSR count). The van der Waals surface area contributed by atoms with Crippen LogP contribution in [0.5, 0.6) is 0 Å². The Balaban J connectivity index is 2.16. The molecule has 6 heteroatoms. The summed E-state index contributed by atoms with van der Waals surface area (Å²) < 4.78 is 12.0. The molecule has 24 heavy (non-hydrogen) atoms. The van der Waals surface area contributed by atoms with E-state index in [-0.39, 0.29) is 5.25 Å². The van der Waals surface area contributed by atoms with Gasteiger partial charge in [-0.15, -0.1) is 0 Å². The lowest BCUT2D eigenvalue weighted by atomic mass is 10.1. The lowest BCUT2D eigenvalue weighted by Gasteiger charge is -2.16. The van der Waals surface area contributed by atoms with Gasteiger partial charge in [0.25, 0.3) is 5.91 Å². The zero-order valence-electron chi connectivity index (χ0n) is 13.6. The second-order valence-electron chi connectivity index (χ2n) is 5.59. The van der Waals surface area contributed by atoms with Crippen molar-refractivity contribution in [2.24, 2.45) is 5.73 Å². The van der Waals surface area contributed by atoms with Gasteiger partial charge in [0.2, 0.25) is 5.91 Å². The summed E-state index contributed by atoms with van der Waals surface area (Å²) in [5, 5.41) is 2.63. The first-order valence-corrected chi connectivity index (χ1v) is 8.77. The van der Waals surface area contributed by atoms with Crippen molar-refractivity contribution in [1.82, 2.24) is 5.32 Å². The number of primary amides is 1. The van der Waals surface area contributed by atoms with E-state index >= 15 is 0 Å². The van der Waals surface area contributed by atoms with Gasteiger partial charge in [0, 0.05) is 15.7 Å². The molecule has 0 saturated carbocycles. The minimum absolute atomic E-state index is 0.00185. The summed E-state index contributed by atoms with van der Waals surface area (Å²) in [5.41, 5.74) is 6.40. The van der Waals surface area contributed by atoms with E-state index < -0.39 is 28.7 Å². The Hall–Kier alpha value is -2.47. The van der Waals surface area contributed by atoms with Gasteiger partial charge >= 0.3 is 0 Å². The largest absolute Gasteiger partial charge is 0.368 e. The van der Waals surface area contributed by atoms with Crippen LogP contribution in [0.15, 0.2) is 59.5 Å². The molecule has 2 aromatic carbocycles. The maximum atomic E-state index is 12.4. The monoisotopic (exact) mass is 344 g/mol. The molecule has 0 radical (unpaired) electrons. The zero-order valence-corrected chi connectivity index (χ0v) is 14.4. The number of carbonyl (C=O) groups is 2. The fourth-order valence-corrected chi connectivity index (χ4v) is 3.14. The number of nitrogens with two attached hydrogens (primary N) is 1. The predicted molar refractivity (Wildman–Crippen MR) is 93.8 cm³/mol. The maximum absolute atomic E-state index is 12.4. The van der Waals surface area contributed by atoms with Gasteiger partial charge in [-0.1, -0.05) is 44.2 Å². The lowest BCUT2D eigenvalue weighted by Crippen LogP contribution is -2.37. The van der Waals surface area contributed by atoms with E-state index in [1.165, 1.54) is 0 Å². The van der Waals surface area contributed by atoms with Crippen molar-refractivity contribution < 1.29 is 13.8 Å². The quantitative estimate of drug-likeness (QED) is 0.841. The molecule has 0 bridgehead atoms. The molecule has 3 N–H and O–H groups in total. The van der Waals surface area contributed by atoms with Gasteiger partial charge in [-0.05, 0) is 29.8 Å². The van der Waals surface area contributed by atoms with Gasteiger partial charge in [-0.3, -0.25) is 13.8 Å². The molecule has 0 aliphatic carbocycles. The highest BCUT2D eigenvalue weighted by atomic mass is 32.2. The molecule has 2 aromatic rings. The minimum atomic E-state index is -1.11. The average molecular weight is 344 g/mol. The van der Waals surface area contributed by atoms with Crippen LogP contribution in [0.1, 0.15) is 35.8 Å².